The third-order valence-corrected chi connectivity index (χ3v) is 3.64. The van der Waals surface area contributed by atoms with Gasteiger partial charge in [-0.3, -0.25) is 4.79 Å². The van der Waals surface area contributed by atoms with Crippen LogP contribution in [0.2, 0.25) is 0 Å². The summed E-state index contributed by atoms with van der Waals surface area (Å²) in [6.45, 7) is 1.80. The molecule has 0 spiro atoms. The second-order valence-electron chi connectivity index (χ2n) is 5.72. The van der Waals surface area contributed by atoms with Crippen LogP contribution < -0.4 is 20.5 Å². The number of imidazole rings is 1. The van der Waals surface area contributed by atoms with Crippen LogP contribution in [0.25, 0.3) is 0 Å². The lowest BCUT2D eigenvalue weighted by Crippen LogP contribution is -2.34. The fraction of sp³-hybridized carbons (Fsp3) is 0.412. The van der Waals surface area contributed by atoms with E-state index in [1.807, 2.05) is 29.9 Å². The molecule has 7 nitrogen and oxygen atoms in total. The van der Waals surface area contributed by atoms with Gasteiger partial charge in [0, 0.05) is 38.0 Å². The minimum atomic E-state index is -0.430. The van der Waals surface area contributed by atoms with Crippen LogP contribution in [0.15, 0.2) is 30.6 Å². The van der Waals surface area contributed by atoms with E-state index in [1.165, 1.54) is 0 Å². The van der Waals surface area contributed by atoms with Gasteiger partial charge in [-0.2, -0.15) is 0 Å². The first kappa shape index (κ1) is 24.0. The quantitative estimate of drug-likeness (QED) is 0.737. The molecule has 9 heteroatoms. The molecule has 2 unspecified atom stereocenters. The zero-order chi connectivity index (χ0) is 17.7. The molecule has 26 heavy (non-hydrogen) atoms. The van der Waals surface area contributed by atoms with Gasteiger partial charge in [-0.25, -0.2) is 4.98 Å². The normalized spacial score (nSPS) is 12.2. The number of benzene rings is 1. The van der Waals surface area contributed by atoms with Gasteiger partial charge in [0.25, 0.3) is 0 Å². The molecule has 3 N–H and O–H groups in total. The van der Waals surface area contributed by atoms with Crippen molar-refractivity contribution < 1.29 is 14.3 Å². The molecular formula is C17H26Cl2N4O3. The highest BCUT2D eigenvalue weighted by molar-refractivity contribution is 5.85. The Balaban J connectivity index is 0.00000312. The molecule has 1 aromatic heterocycles. The number of rotatable bonds is 7. The fourth-order valence-electron chi connectivity index (χ4n) is 2.46. The summed E-state index contributed by atoms with van der Waals surface area (Å²) in [7, 11) is 5.05. The molecule has 2 aromatic rings. The molecule has 1 amide bonds. The average molecular weight is 405 g/mol. The van der Waals surface area contributed by atoms with Crippen LogP contribution in [-0.4, -0.2) is 35.7 Å². The van der Waals surface area contributed by atoms with Gasteiger partial charge in [0.05, 0.1) is 14.2 Å². The second-order valence-corrected chi connectivity index (χ2v) is 5.72. The Kier molecular flexibility index (Phi) is 10.1. The Labute approximate surface area is 166 Å². The predicted octanol–water partition coefficient (Wildman–Crippen LogP) is 2.22. The van der Waals surface area contributed by atoms with Crippen molar-refractivity contribution in [3.63, 3.8) is 0 Å². The number of methoxy groups -OCH3 is 2. The number of nitrogens with zero attached hydrogens (tertiary/aromatic N) is 2. The number of aryl methyl sites for hydroxylation is 1. The number of aromatic nitrogens is 2. The van der Waals surface area contributed by atoms with Crippen molar-refractivity contribution in [2.45, 2.75) is 25.4 Å². The van der Waals surface area contributed by atoms with Gasteiger partial charge in [-0.1, -0.05) is 0 Å². The minimum Gasteiger partial charge on any atom is -0.497 e. The smallest absolute Gasteiger partial charge is 0.222 e. The van der Waals surface area contributed by atoms with E-state index >= 15 is 0 Å². The molecular weight excluding hydrogens is 379 g/mol. The number of carbonyl (C=O) groups is 1. The summed E-state index contributed by atoms with van der Waals surface area (Å²) in [6.07, 6.45) is 3.76. The first-order chi connectivity index (χ1) is 11.4. The summed E-state index contributed by atoms with van der Waals surface area (Å²) in [6, 6.07) is 4.84. The molecule has 146 valence electrons. The average Bonchev–Trinajstić information content (AvgIpc) is 2.97. The SMILES string of the molecule is COc1cc(OC)cc(C(NC(=O)CC(C)N)c2nccn2C)c1.Cl.Cl. The van der Waals surface area contributed by atoms with Gasteiger partial charge in [0.1, 0.15) is 23.4 Å². The number of ether oxygens (including phenoxy) is 2. The summed E-state index contributed by atoms with van der Waals surface area (Å²) in [5.41, 5.74) is 6.54. The van der Waals surface area contributed by atoms with E-state index in [4.69, 9.17) is 15.2 Å². The van der Waals surface area contributed by atoms with Crippen LogP contribution in [0.5, 0.6) is 11.5 Å². The molecule has 0 bridgehead atoms. The van der Waals surface area contributed by atoms with E-state index in [1.54, 1.807) is 33.4 Å². The van der Waals surface area contributed by atoms with Gasteiger partial charge >= 0.3 is 0 Å². The zero-order valence-corrected chi connectivity index (χ0v) is 16.9. The predicted molar refractivity (Wildman–Crippen MR) is 106 cm³/mol. The Morgan fingerprint density at radius 1 is 1.23 bits per heavy atom. The van der Waals surface area contributed by atoms with Crippen LogP contribution in [0.4, 0.5) is 0 Å². The Hall–Kier alpha value is -1.96. The number of halogens is 2. The van der Waals surface area contributed by atoms with Gasteiger partial charge < -0.3 is 25.1 Å². The van der Waals surface area contributed by atoms with Crippen molar-refractivity contribution in [1.29, 1.82) is 0 Å². The molecule has 0 saturated carbocycles. The maximum absolute atomic E-state index is 12.3. The minimum absolute atomic E-state index is 0. The first-order valence-corrected chi connectivity index (χ1v) is 7.69. The van der Waals surface area contributed by atoms with E-state index in [2.05, 4.69) is 10.3 Å². The van der Waals surface area contributed by atoms with Crippen molar-refractivity contribution >= 4 is 30.7 Å². The molecule has 0 aliphatic heterocycles. The highest BCUT2D eigenvalue weighted by Gasteiger charge is 2.22. The number of nitrogens with two attached hydrogens (primary N) is 1. The second kappa shape index (κ2) is 10.9. The maximum atomic E-state index is 12.3. The summed E-state index contributed by atoms with van der Waals surface area (Å²) >= 11 is 0. The van der Waals surface area contributed by atoms with Crippen molar-refractivity contribution in [2.24, 2.45) is 12.8 Å². The summed E-state index contributed by atoms with van der Waals surface area (Å²) < 4.78 is 12.5. The largest absolute Gasteiger partial charge is 0.497 e. The number of amides is 1. The summed E-state index contributed by atoms with van der Waals surface area (Å²) in [4.78, 5) is 16.6. The molecule has 0 aliphatic carbocycles. The van der Waals surface area contributed by atoms with Crippen molar-refractivity contribution in [3.8, 4) is 11.5 Å². The number of hydrogen-bond acceptors (Lipinski definition) is 5. The Morgan fingerprint density at radius 2 is 1.81 bits per heavy atom. The number of hydrogen-bond donors (Lipinski definition) is 2. The standard InChI is InChI=1S/C17H24N4O3.2ClH/c1-11(18)7-15(22)20-16(17-19-5-6-21(17)2)12-8-13(23-3)10-14(9-12)24-4;;/h5-6,8-11,16H,7,18H2,1-4H3,(H,20,22);2*1H. The molecule has 2 atom stereocenters. The summed E-state index contributed by atoms with van der Waals surface area (Å²) in [5, 5.41) is 3.00. The Morgan fingerprint density at radius 3 is 2.23 bits per heavy atom. The lowest BCUT2D eigenvalue weighted by atomic mass is 10.0. The molecule has 0 radical (unpaired) electrons. The number of nitrogens with one attached hydrogen (secondary N) is 1. The third-order valence-electron chi connectivity index (χ3n) is 3.64. The van der Waals surface area contributed by atoms with Crippen LogP contribution in [0.3, 0.4) is 0 Å². The summed E-state index contributed by atoms with van der Waals surface area (Å²) in [5.74, 6) is 1.86. The van der Waals surface area contributed by atoms with E-state index in [9.17, 15) is 4.79 Å². The monoisotopic (exact) mass is 404 g/mol. The molecule has 0 saturated heterocycles. The van der Waals surface area contributed by atoms with Crippen molar-refractivity contribution in [2.75, 3.05) is 14.2 Å². The van der Waals surface area contributed by atoms with Crippen molar-refractivity contribution in [3.05, 3.63) is 42.0 Å². The van der Waals surface area contributed by atoms with Gasteiger partial charge in [0.2, 0.25) is 5.91 Å². The topological polar surface area (TPSA) is 91.4 Å². The zero-order valence-electron chi connectivity index (χ0n) is 15.3. The van der Waals surface area contributed by atoms with Gasteiger partial charge in [-0.05, 0) is 24.6 Å². The van der Waals surface area contributed by atoms with Crippen LogP contribution >= 0.6 is 24.8 Å². The fourth-order valence-corrected chi connectivity index (χ4v) is 2.46. The lowest BCUT2D eigenvalue weighted by molar-refractivity contribution is -0.121. The molecule has 1 aromatic carbocycles. The molecule has 0 aliphatic rings. The van der Waals surface area contributed by atoms with Crippen LogP contribution in [0, 0.1) is 0 Å². The Bertz CT molecular complexity index is 685. The van der Waals surface area contributed by atoms with E-state index in [-0.39, 0.29) is 43.2 Å². The maximum Gasteiger partial charge on any atom is 0.222 e. The third kappa shape index (κ3) is 6.09. The van der Waals surface area contributed by atoms with E-state index in [0.29, 0.717) is 17.3 Å². The van der Waals surface area contributed by atoms with Crippen LogP contribution in [0.1, 0.15) is 30.8 Å². The molecule has 1 heterocycles. The van der Waals surface area contributed by atoms with Gasteiger partial charge in [-0.15, -0.1) is 24.8 Å². The lowest BCUT2D eigenvalue weighted by Gasteiger charge is -2.21. The van der Waals surface area contributed by atoms with Crippen LogP contribution in [-0.2, 0) is 11.8 Å². The van der Waals surface area contributed by atoms with Gasteiger partial charge in [0.15, 0.2) is 0 Å². The number of carbonyl (C=O) groups excluding carboxylic acids is 1. The van der Waals surface area contributed by atoms with E-state index in [0.717, 1.165) is 5.56 Å². The highest BCUT2D eigenvalue weighted by Crippen LogP contribution is 2.29. The van der Waals surface area contributed by atoms with E-state index < -0.39 is 6.04 Å². The highest BCUT2D eigenvalue weighted by atomic mass is 35.5. The van der Waals surface area contributed by atoms with Crippen molar-refractivity contribution in [1.82, 2.24) is 14.9 Å². The molecule has 2 rings (SSSR count). The molecule has 0 fully saturated rings. The first-order valence-electron chi connectivity index (χ1n) is 7.69.